The Morgan fingerprint density at radius 1 is 0.582 bits per heavy atom. The van der Waals surface area contributed by atoms with Gasteiger partial charge in [-0.15, -0.1) is 29.1 Å². The summed E-state index contributed by atoms with van der Waals surface area (Å²) >= 11 is 0. The molecule has 8 aromatic carbocycles. The Morgan fingerprint density at radius 2 is 1.21 bits per heavy atom. The molecule has 11 rings (SSSR count). The molecule has 0 atom stereocenters. The average molecular weight is 1060 g/mol. The number of aromatic nitrogens is 2. The van der Waals surface area contributed by atoms with Crippen LogP contribution >= 0.6 is 0 Å². The molecule has 0 saturated heterocycles. The van der Waals surface area contributed by atoms with Crippen LogP contribution in [0.1, 0.15) is 31.9 Å². The molecule has 3 heterocycles. The topological polar surface area (TPSA) is 33.1 Å². The number of para-hydroxylation sites is 4. The van der Waals surface area contributed by atoms with Crippen LogP contribution in [-0.4, -0.2) is 15.6 Å². The molecule has 67 heavy (non-hydrogen) atoms. The van der Waals surface area contributed by atoms with Crippen molar-refractivity contribution in [3.05, 3.63) is 217 Å². The first-order valence-corrected chi connectivity index (χ1v) is 21.9. The minimum atomic E-state index is -0.323. The van der Waals surface area contributed by atoms with Crippen molar-refractivity contribution >= 4 is 50.6 Å². The number of hydrogen-bond donors (Lipinski definition) is 0. The Bertz CT molecular complexity index is 3560. The second-order valence-corrected chi connectivity index (χ2v) is 17.6. The van der Waals surface area contributed by atoms with Crippen molar-refractivity contribution in [2.24, 2.45) is 0 Å². The summed E-state index contributed by atoms with van der Waals surface area (Å²) in [6, 6.07) is 67.1. The van der Waals surface area contributed by atoms with Gasteiger partial charge < -0.3 is 9.30 Å². The van der Waals surface area contributed by atoms with Crippen LogP contribution in [0.5, 0.6) is 11.5 Å². The molecule has 10 aromatic rings. The van der Waals surface area contributed by atoms with Gasteiger partial charge in [-0.25, -0.2) is 13.8 Å². The molecule has 0 N–H and O–H groups in total. The van der Waals surface area contributed by atoms with E-state index in [2.05, 4.69) is 117 Å². The number of rotatable bonds is 8. The summed E-state index contributed by atoms with van der Waals surface area (Å²) in [6.07, 6.45) is 1.88. The van der Waals surface area contributed by atoms with Crippen LogP contribution < -0.4 is 13.9 Å². The Balaban J connectivity index is 0.00000525. The molecule has 2 aromatic heterocycles. The third-order valence-corrected chi connectivity index (χ3v) is 12.3. The van der Waals surface area contributed by atoms with Crippen molar-refractivity contribution in [2.75, 3.05) is 0 Å². The van der Waals surface area contributed by atoms with E-state index < -0.39 is 0 Å². The number of pyridine rings is 1. The molecule has 5 nitrogen and oxygen atoms in total. The van der Waals surface area contributed by atoms with E-state index >= 15 is 0 Å². The van der Waals surface area contributed by atoms with Crippen LogP contribution in [0.3, 0.4) is 0 Å². The van der Waals surface area contributed by atoms with Crippen LogP contribution in [-0.2, 0) is 26.5 Å². The summed E-state index contributed by atoms with van der Waals surface area (Å²) in [5, 5.41) is 2.14. The van der Waals surface area contributed by atoms with Crippen molar-refractivity contribution in [1.82, 2.24) is 18.7 Å². The normalized spacial score (nSPS) is 12.1. The zero-order valence-corrected chi connectivity index (χ0v) is 39.4. The molecule has 0 saturated carbocycles. The molecule has 0 spiro atoms. The average Bonchev–Trinajstić information content (AvgIpc) is 3.88. The van der Waals surface area contributed by atoms with Crippen molar-refractivity contribution in [3.63, 3.8) is 0 Å². The largest absolute Gasteiger partial charge is 2.00 e. The van der Waals surface area contributed by atoms with Crippen LogP contribution in [0.25, 0.3) is 61.0 Å². The van der Waals surface area contributed by atoms with E-state index in [4.69, 9.17) is 9.72 Å². The van der Waals surface area contributed by atoms with E-state index in [0.29, 0.717) is 17.2 Å². The minimum absolute atomic E-state index is 0. The number of fused-ring (bicyclic) bond motifs is 4. The number of hydrogen-bond acceptors (Lipinski definition) is 2. The maximum Gasteiger partial charge on any atom is 2.00 e. The molecule has 326 valence electrons. The van der Waals surface area contributed by atoms with E-state index in [1.54, 1.807) is 24.3 Å². The minimum Gasteiger partial charge on any atom is -0.509 e. The van der Waals surface area contributed by atoms with Gasteiger partial charge in [0.05, 0.1) is 11.1 Å². The molecule has 0 unspecified atom stereocenters. The summed E-state index contributed by atoms with van der Waals surface area (Å²) in [7, 11) is 0. The quantitative estimate of drug-likeness (QED) is 0.112. The van der Waals surface area contributed by atoms with Gasteiger partial charge in [-0.1, -0.05) is 128 Å². The molecule has 0 aliphatic carbocycles. The predicted octanol–water partition coefficient (Wildman–Crippen LogP) is 15.3. The third-order valence-electron chi connectivity index (χ3n) is 12.3. The maximum absolute atomic E-state index is 14.3. The smallest absolute Gasteiger partial charge is 0.509 e. The Kier molecular flexibility index (Phi) is 11.2. The standard InChI is InChI=1S/C59H42F2N4O.Pt/c1-38-12-5-6-13-48(38)41-32-45(35-47(33-41)66-46-28-29-52-51-14-7-8-17-53(51)65(56(52)36-46)57-34-42(30-31-62-57)59(2,3)4)63-37-64(55-19-10-9-18-54(55)63)58-49(39-20-24-43(60)25-21-39)15-11-16-50(58)40-22-26-44(61)27-23-40;/h5-34H,1-4H3;/q;+2. The van der Waals surface area contributed by atoms with Crippen LogP contribution in [0.2, 0.25) is 0 Å². The molecular formula is C59H42F2N4OPt+2. The predicted molar refractivity (Wildman–Crippen MR) is 263 cm³/mol. The molecule has 8 heteroatoms. The van der Waals surface area contributed by atoms with Gasteiger partial charge in [0.2, 0.25) is 5.69 Å². The fourth-order valence-electron chi connectivity index (χ4n) is 8.97. The Labute approximate surface area is 402 Å². The first-order chi connectivity index (χ1) is 32.1. The van der Waals surface area contributed by atoms with E-state index in [9.17, 15) is 8.78 Å². The van der Waals surface area contributed by atoms with Crippen LogP contribution in [0.15, 0.2) is 182 Å². The van der Waals surface area contributed by atoms with Crippen LogP contribution in [0.4, 0.5) is 31.5 Å². The second-order valence-electron chi connectivity index (χ2n) is 17.6. The number of ether oxygens (including phenoxy) is 1. The zero-order chi connectivity index (χ0) is 45.1. The van der Waals surface area contributed by atoms with Crippen molar-refractivity contribution in [3.8, 4) is 50.7 Å². The van der Waals surface area contributed by atoms with Gasteiger partial charge in [0.1, 0.15) is 23.1 Å². The fraction of sp³-hybridized carbons (Fsp3) is 0.0847. The molecule has 0 bridgehead atoms. The summed E-state index contributed by atoms with van der Waals surface area (Å²) < 4.78 is 41.7. The van der Waals surface area contributed by atoms with E-state index in [1.807, 2.05) is 76.0 Å². The number of halogens is 2. The van der Waals surface area contributed by atoms with Crippen molar-refractivity contribution < 1.29 is 34.6 Å². The molecule has 1 aliphatic rings. The second kappa shape index (κ2) is 17.3. The first kappa shape index (κ1) is 43.3. The first-order valence-electron chi connectivity index (χ1n) is 21.9. The summed E-state index contributed by atoms with van der Waals surface area (Å²) in [5.74, 6) is 1.18. The monoisotopic (exact) mass is 1060 g/mol. The molecule has 0 radical (unpaired) electrons. The van der Waals surface area contributed by atoms with Crippen molar-refractivity contribution in [2.45, 2.75) is 33.1 Å². The Morgan fingerprint density at radius 3 is 1.90 bits per heavy atom. The van der Waals surface area contributed by atoms with Crippen molar-refractivity contribution in [1.29, 1.82) is 0 Å². The summed E-state index contributed by atoms with van der Waals surface area (Å²) in [6.45, 7) is 8.72. The summed E-state index contributed by atoms with van der Waals surface area (Å²) in [4.78, 5) is 4.87. The molecule has 0 amide bonds. The number of nitrogens with zero attached hydrogens (tertiary/aromatic N) is 4. The van der Waals surface area contributed by atoms with Gasteiger partial charge in [-0.2, -0.15) is 6.07 Å². The van der Waals surface area contributed by atoms with Gasteiger partial charge in [-0.05, 0) is 105 Å². The van der Waals surface area contributed by atoms with Gasteiger partial charge in [0.25, 0.3) is 11.4 Å². The van der Waals surface area contributed by atoms with Gasteiger partial charge in [0.15, 0.2) is 0 Å². The SMILES string of the molecule is Cc1ccccc1-c1cc(Oc2[c-]c3c(cc2)c2ccccc2n3-c2cc(C(C)(C)C)ccn2)[c-]c([N+]2=C=[N+](c3c(-c4ccc(F)cc4)cccc3-c3ccc(F)cc3)c3ccccc32)c1.[Pt+2]. The Hall–Kier alpha value is -7.56. The fourth-order valence-corrected chi connectivity index (χ4v) is 8.97. The number of benzene rings is 8. The van der Waals surface area contributed by atoms with Gasteiger partial charge in [-0.3, -0.25) is 0 Å². The molecule has 0 fully saturated rings. The number of aryl methyl sites for hydroxylation is 1. The van der Waals surface area contributed by atoms with Gasteiger partial charge in [0, 0.05) is 35.3 Å². The van der Waals surface area contributed by atoms with Crippen LogP contribution in [0, 0.1) is 30.7 Å². The molecule has 1 aliphatic heterocycles. The van der Waals surface area contributed by atoms with E-state index in [-0.39, 0.29) is 38.1 Å². The zero-order valence-electron chi connectivity index (χ0n) is 37.1. The summed E-state index contributed by atoms with van der Waals surface area (Å²) in [5.41, 5.74) is 12.7. The van der Waals surface area contributed by atoms with E-state index in [1.165, 1.54) is 29.8 Å². The molecular weight excluding hydrogens is 1010 g/mol. The van der Waals surface area contributed by atoms with E-state index in [0.717, 1.165) is 83.6 Å². The maximum atomic E-state index is 14.3. The third kappa shape index (κ3) is 8.01. The van der Waals surface area contributed by atoms with Gasteiger partial charge >= 0.3 is 27.1 Å².